The quantitative estimate of drug-likeness (QED) is 0.184. The first-order valence-corrected chi connectivity index (χ1v) is 17.9. The summed E-state index contributed by atoms with van der Waals surface area (Å²) in [6.07, 6.45) is 6.76. The van der Waals surface area contributed by atoms with Crippen LogP contribution in [0.25, 0.3) is 45.3 Å². The molecule has 2 heterocycles. The van der Waals surface area contributed by atoms with E-state index >= 15 is 0 Å². The molecule has 3 aliphatic rings. The Labute approximate surface area is 291 Å². The van der Waals surface area contributed by atoms with E-state index in [0.29, 0.717) is 23.0 Å². The molecule has 2 fully saturated rings. The van der Waals surface area contributed by atoms with Gasteiger partial charge in [-0.25, -0.2) is 15.0 Å². The van der Waals surface area contributed by atoms with Gasteiger partial charge in [0.1, 0.15) is 11.5 Å². The first-order valence-electron chi connectivity index (χ1n) is 17.1. The molecule has 6 heteroatoms. The standard InChI is InChI=1S/C43H34N4OS/c1-43(24-27-11-12-28(21-27)25-43)34-17-13-29(14-18-34)35-19-15-31(22-33(35)26-44)41-45-40(30-7-3-2-4-8-30)46-42(47-41)32-16-20-37-39(23-32)49-38-10-6-5-9-36(38)48-37/h2-10,13-20,22-23,27-28H,11-12,21,24-25H2,1H3/t27-,28+,43?. The summed E-state index contributed by atoms with van der Waals surface area (Å²) in [6.45, 7) is 2.45. The molecular formula is C43H34N4OS. The Morgan fingerprint density at radius 1 is 0.653 bits per heavy atom. The van der Waals surface area contributed by atoms with E-state index in [9.17, 15) is 5.26 Å². The molecule has 49 heavy (non-hydrogen) atoms. The normalized spacial score (nSPS) is 20.5. The van der Waals surface area contributed by atoms with Crippen LogP contribution in [0.4, 0.5) is 0 Å². The van der Waals surface area contributed by atoms with Gasteiger partial charge >= 0.3 is 0 Å². The number of hydrogen-bond acceptors (Lipinski definition) is 6. The molecule has 1 unspecified atom stereocenters. The van der Waals surface area contributed by atoms with Gasteiger partial charge in [-0.15, -0.1) is 0 Å². The van der Waals surface area contributed by atoms with Crippen LogP contribution in [0.1, 0.15) is 50.2 Å². The maximum atomic E-state index is 10.3. The molecule has 3 atom stereocenters. The second kappa shape index (κ2) is 12.0. The van der Waals surface area contributed by atoms with E-state index in [4.69, 9.17) is 19.7 Å². The second-order valence-electron chi connectivity index (χ2n) is 13.9. The van der Waals surface area contributed by atoms with Crippen molar-refractivity contribution in [1.82, 2.24) is 15.0 Å². The predicted molar refractivity (Wildman–Crippen MR) is 194 cm³/mol. The summed E-state index contributed by atoms with van der Waals surface area (Å²) < 4.78 is 6.18. The zero-order valence-corrected chi connectivity index (χ0v) is 28.1. The number of nitrogens with zero attached hydrogens (tertiary/aromatic N) is 4. The summed E-state index contributed by atoms with van der Waals surface area (Å²) in [7, 11) is 0. The lowest BCUT2D eigenvalue weighted by atomic mass is 9.66. The summed E-state index contributed by atoms with van der Waals surface area (Å²) >= 11 is 1.68. The highest BCUT2D eigenvalue weighted by Gasteiger charge is 2.41. The second-order valence-corrected chi connectivity index (χ2v) is 15.0. The zero-order chi connectivity index (χ0) is 33.0. The van der Waals surface area contributed by atoms with Gasteiger partial charge < -0.3 is 4.74 Å². The summed E-state index contributed by atoms with van der Waals surface area (Å²) in [6, 6.07) is 41.4. The van der Waals surface area contributed by atoms with E-state index in [-0.39, 0.29) is 5.41 Å². The van der Waals surface area contributed by atoms with Crippen LogP contribution in [-0.2, 0) is 5.41 Å². The molecule has 0 radical (unpaired) electrons. The smallest absolute Gasteiger partial charge is 0.164 e. The Morgan fingerprint density at radius 2 is 1.27 bits per heavy atom. The molecule has 5 aromatic carbocycles. The van der Waals surface area contributed by atoms with Crippen molar-refractivity contribution >= 4 is 11.8 Å². The Balaban J connectivity index is 1.07. The van der Waals surface area contributed by atoms with Crippen molar-refractivity contribution in [1.29, 1.82) is 5.26 Å². The van der Waals surface area contributed by atoms with Gasteiger partial charge in [-0.3, -0.25) is 0 Å². The molecule has 2 saturated carbocycles. The van der Waals surface area contributed by atoms with Gasteiger partial charge in [-0.2, -0.15) is 5.26 Å². The fourth-order valence-electron chi connectivity index (χ4n) is 8.24. The predicted octanol–water partition coefficient (Wildman–Crippen LogP) is 11.1. The van der Waals surface area contributed by atoms with Crippen LogP contribution < -0.4 is 4.74 Å². The number of rotatable bonds is 5. The fourth-order valence-corrected chi connectivity index (χ4v) is 9.23. The Hall–Kier alpha value is -5.25. The van der Waals surface area contributed by atoms with Gasteiger partial charge in [0.25, 0.3) is 0 Å². The minimum absolute atomic E-state index is 0.242. The van der Waals surface area contributed by atoms with Gasteiger partial charge in [-0.1, -0.05) is 110 Å². The molecule has 1 aromatic heterocycles. The molecular weight excluding hydrogens is 621 g/mol. The number of hydrogen-bond donors (Lipinski definition) is 0. The maximum Gasteiger partial charge on any atom is 0.164 e. The SMILES string of the molecule is CC1(c2ccc(-c3ccc(-c4nc(-c5ccccc5)nc(-c5ccc6c(c5)Sc5ccccc5O6)n4)cc3C#N)cc2)C[C@@H]2CC[C@@H](C2)C1. The van der Waals surface area contributed by atoms with Gasteiger partial charge in [0.05, 0.1) is 21.4 Å². The third kappa shape index (κ3) is 5.58. The highest BCUT2D eigenvalue weighted by atomic mass is 32.2. The van der Waals surface area contributed by atoms with Crippen LogP contribution in [0, 0.1) is 23.2 Å². The minimum atomic E-state index is 0.242. The average molecular weight is 655 g/mol. The molecule has 2 bridgehead atoms. The third-order valence-electron chi connectivity index (χ3n) is 10.6. The molecule has 9 rings (SSSR count). The number of para-hydroxylation sites is 1. The maximum absolute atomic E-state index is 10.3. The van der Waals surface area contributed by atoms with Gasteiger partial charge in [0, 0.05) is 16.7 Å². The third-order valence-corrected chi connectivity index (χ3v) is 11.7. The lowest BCUT2D eigenvalue weighted by molar-refractivity contribution is 0.232. The first-order chi connectivity index (χ1) is 24.0. The van der Waals surface area contributed by atoms with E-state index in [1.807, 2.05) is 78.9 Å². The molecule has 6 aromatic rings. The van der Waals surface area contributed by atoms with Crippen molar-refractivity contribution in [2.45, 2.75) is 54.2 Å². The van der Waals surface area contributed by atoms with Crippen molar-refractivity contribution < 1.29 is 4.74 Å². The Morgan fingerprint density at radius 3 is 2.00 bits per heavy atom. The summed E-state index contributed by atoms with van der Waals surface area (Å²) in [5, 5.41) is 10.3. The zero-order valence-electron chi connectivity index (χ0n) is 27.3. The molecule has 0 amide bonds. The molecule has 2 aliphatic carbocycles. The average Bonchev–Trinajstić information content (AvgIpc) is 3.51. The highest BCUT2D eigenvalue weighted by molar-refractivity contribution is 7.99. The van der Waals surface area contributed by atoms with Crippen LogP contribution in [0.15, 0.2) is 125 Å². The molecule has 5 nitrogen and oxygen atoms in total. The topological polar surface area (TPSA) is 71.7 Å². The fraction of sp³-hybridized carbons (Fsp3) is 0.209. The Kier molecular flexibility index (Phi) is 7.32. The molecule has 0 spiro atoms. The van der Waals surface area contributed by atoms with E-state index < -0.39 is 0 Å². The number of fused-ring (bicyclic) bond motifs is 4. The number of benzene rings is 5. The van der Waals surface area contributed by atoms with Crippen molar-refractivity contribution in [2.24, 2.45) is 11.8 Å². The van der Waals surface area contributed by atoms with Gasteiger partial charge in [-0.05, 0) is 89.6 Å². The van der Waals surface area contributed by atoms with Crippen molar-refractivity contribution in [3.05, 3.63) is 126 Å². The molecule has 0 N–H and O–H groups in total. The summed E-state index contributed by atoms with van der Waals surface area (Å²) in [5.41, 5.74) is 6.75. The molecule has 0 saturated heterocycles. The molecule has 1 aliphatic heterocycles. The van der Waals surface area contributed by atoms with Gasteiger partial charge in [0.15, 0.2) is 17.5 Å². The number of ether oxygens (including phenoxy) is 1. The number of nitriles is 1. The van der Waals surface area contributed by atoms with Crippen molar-refractivity contribution in [3.8, 4) is 62.9 Å². The van der Waals surface area contributed by atoms with Crippen molar-refractivity contribution in [2.75, 3.05) is 0 Å². The van der Waals surface area contributed by atoms with E-state index in [1.54, 1.807) is 11.8 Å². The van der Waals surface area contributed by atoms with E-state index in [2.05, 4.69) is 49.4 Å². The van der Waals surface area contributed by atoms with Crippen LogP contribution in [0.3, 0.4) is 0 Å². The molecule has 238 valence electrons. The lowest BCUT2D eigenvalue weighted by Crippen LogP contribution is -2.30. The number of aromatic nitrogens is 3. The van der Waals surface area contributed by atoms with Crippen LogP contribution in [-0.4, -0.2) is 15.0 Å². The van der Waals surface area contributed by atoms with Crippen molar-refractivity contribution in [3.63, 3.8) is 0 Å². The van der Waals surface area contributed by atoms with Crippen LogP contribution in [0.2, 0.25) is 0 Å². The van der Waals surface area contributed by atoms with Crippen LogP contribution in [0.5, 0.6) is 11.5 Å². The largest absolute Gasteiger partial charge is 0.455 e. The Bertz CT molecular complexity index is 2250. The minimum Gasteiger partial charge on any atom is -0.455 e. The summed E-state index contributed by atoms with van der Waals surface area (Å²) in [5.74, 6) is 5.08. The van der Waals surface area contributed by atoms with E-state index in [0.717, 1.165) is 60.9 Å². The monoisotopic (exact) mass is 654 g/mol. The first kappa shape index (κ1) is 29.9. The highest BCUT2D eigenvalue weighted by Crippen LogP contribution is 2.52. The van der Waals surface area contributed by atoms with Crippen LogP contribution >= 0.6 is 11.8 Å². The summed E-state index contributed by atoms with van der Waals surface area (Å²) in [4.78, 5) is 16.9. The van der Waals surface area contributed by atoms with E-state index in [1.165, 1.54) is 37.7 Å². The lowest BCUT2D eigenvalue weighted by Gasteiger charge is -2.38. The van der Waals surface area contributed by atoms with Gasteiger partial charge in [0.2, 0.25) is 0 Å².